The molecule has 0 bridgehead atoms. The first-order valence-electron chi connectivity index (χ1n) is 8.98. The Balaban J connectivity index is 1.64. The van der Waals surface area contributed by atoms with Crippen molar-refractivity contribution in [3.05, 3.63) is 60.1 Å². The molecular weight excluding hydrogens is 401 g/mol. The highest BCUT2D eigenvalue weighted by atomic mass is 19.4. The number of pyridine rings is 1. The summed E-state index contributed by atoms with van der Waals surface area (Å²) in [6.07, 6.45) is -4.26. The molecular formula is C20H19F3N4O3. The summed E-state index contributed by atoms with van der Waals surface area (Å²) in [4.78, 5) is 20.7. The van der Waals surface area contributed by atoms with Crippen molar-refractivity contribution >= 4 is 5.91 Å². The van der Waals surface area contributed by atoms with Gasteiger partial charge in [0.05, 0.1) is 0 Å². The zero-order valence-corrected chi connectivity index (χ0v) is 16.2. The molecule has 2 aromatic heterocycles. The molecule has 3 aromatic rings. The van der Waals surface area contributed by atoms with E-state index in [-0.39, 0.29) is 18.0 Å². The zero-order valence-electron chi connectivity index (χ0n) is 16.2. The van der Waals surface area contributed by atoms with E-state index >= 15 is 0 Å². The van der Waals surface area contributed by atoms with Gasteiger partial charge >= 0.3 is 6.18 Å². The predicted molar refractivity (Wildman–Crippen MR) is 101 cm³/mol. The van der Waals surface area contributed by atoms with Crippen LogP contribution in [0.3, 0.4) is 0 Å². The van der Waals surface area contributed by atoms with Crippen molar-refractivity contribution in [2.24, 2.45) is 0 Å². The number of carbonyl (C=O) groups is 1. The number of amides is 1. The summed E-state index contributed by atoms with van der Waals surface area (Å²) in [5, 5.41) is 6.70. The first-order chi connectivity index (χ1) is 14.1. The van der Waals surface area contributed by atoms with E-state index in [1.54, 1.807) is 13.8 Å². The predicted octanol–water partition coefficient (Wildman–Crippen LogP) is 3.82. The molecule has 0 spiro atoms. The van der Waals surface area contributed by atoms with Crippen LogP contribution in [-0.2, 0) is 6.42 Å². The maximum atomic E-state index is 12.5. The average Bonchev–Trinajstić information content (AvgIpc) is 3.14. The normalized spacial score (nSPS) is 11.9. The molecule has 158 valence electrons. The van der Waals surface area contributed by atoms with E-state index in [9.17, 15) is 18.0 Å². The standard InChI is InChI=1S/C20H19F3N4O3/c1-19(2,11-16-25-17(27-30-16)13-7-4-3-5-8-13)26-18(28)14-9-6-10-15(24-14)29-12-20(21,22)23/h3-10H,11-12H2,1-2H3,(H,26,28). The number of nitrogens with zero attached hydrogens (tertiary/aromatic N) is 3. The molecule has 0 atom stereocenters. The Morgan fingerprint density at radius 3 is 2.50 bits per heavy atom. The number of hydrogen-bond donors (Lipinski definition) is 1. The average molecular weight is 420 g/mol. The van der Waals surface area contributed by atoms with Gasteiger partial charge in [-0.2, -0.15) is 18.2 Å². The largest absolute Gasteiger partial charge is 0.468 e. The van der Waals surface area contributed by atoms with Crippen molar-refractivity contribution in [3.8, 4) is 17.3 Å². The van der Waals surface area contributed by atoms with E-state index in [0.717, 1.165) is 5.56 Å². The van der Waals surface area contributed by atoms with E-state index in [2.05, 4.69) is 25.2 Å². The van der Waals surface area contributed by atoms with Crippen LogP contribution in [0, 0.1) is 0 Å². The highest BCUT2D eigenvalue weighted by Crippen LogP contribution is 2.19. The molecule has 0 unspecified atom stereocenters. The number of benzene rings is 1. The number of hydrogen-bond acceptors (Lipinski definition) is 6. The maximum Gasteiger partial charge on any atom is 0.422 e. The Bertz CT molecular complexity index is 1000. The summed E-state index contributed by atoms with van der Waals surface area (Å²) in [5.41, 5.74) is -0.0605. The van der Waals surface area contributed by atoms with Gasteiger partial charge in [-0.25, -0.2) is 4.98 Å². The van der Waals surface area contributed by atoms with Crippen LogP contribution in [0.15, 0.2) is 53.1 Å². The second-order valence-corrected chi connectivity index (χ2v) is 7.16. The topological polar surface area (TPSA) is 90.1 Å². The molecule has 0 saturated heterocycles. The number of ether oxygens (including phenoxy) is 1. The first-order valence-corrected chi connectivity index (χ1v) is 8.98. The van der Waals surface area contributed by atoms with Gasteiger partial charge in [0.15, 0.2) is 6.61 Å². The number of carbonyl (C=O) groups excluding carboxylic acids is 1. The fourth-order valence-electron chi connectivity index (χ4n) is 2.60. The van der Waals surface area contributed by atoms with Gasteiger partial charge in [-0.15, -0.1) is 0 Å². The SMILES string of the molecule is CC(C)(Cc1nc(-c2ccccc2)no1)NC(=O)c1cccc(OCC(F)(F)F)n1. The Kier molecular flexibility index (Phi) is 6.04. The van der Waals surface area contributed by atoms with Crippen molar-refractivity contribution in [2.75, 3.05) is 6.61 Å². The van der Waals surface area contributed by atoms with E-state index in [1.165, 1.54) is 18.2 Å². The minimum atomic E-state index is -4.50. The fourth-order valence-corrected chi connectivity index (χ4v) is 2.60. The summed E-state index contributed by atoms with van der Waals surface area (Å²) < 4.78 is 46.7. The van der Waals surface area contributed by atoms with Gasteiger partial charge in [0.2, 0.25) is 17.6 Å². The second-order valence-electron chi connectivity index (χ2n) is 7.16. The van der Waals surface area contributed by atoms with Crippen LogP contribution in [-0.4, -0.2) is 39.4 Å². The summed E-state index contributed by atoms with van der Waals surface area (Å²) in [6.45, 7) is 2.01. The maximum absolute atomic E-state index is 12.5. The molecule has 1 amide bonds. The van der Waals surface area contributed by atoms with Gasteiger partial charge < -0.3 is 14.6 Å². The molecule has 0 aliphatic carbocycles. The quantitative estimate of drug-likeness (QED) is 0.625. The number of halogens is 3. The summed E-state index contributed by atoms with van der Waals surface area (Å²) in [5.74, 6) is -0.0966. The first kappa shape index (κ1) is 21.3. The van der Waals surface area contributed by atoms with Gasteiger partial charge in [-0.05, 0) is 19.9 Å². The third-order valence-electron chi connectivity index (χ3n) is 3.89. The smallest absolute Gasteiger partial charge is 0.422 e. The molecule has 3 rings (SSSR count). The van der Waals surface area contributed by atoms with Gasteiger partial charge in [0.25, 0.3) is 5.91 Å². The Morgan fingerprint density at radius 2 is 1.80 bits per heavy atom. The van der Waals surface area contributed by atoms with Crippen molar-refractivity contribution < 1.29 is 27.2 Å². The number of aromatic nitrogens is 3. The minimum absolute atomic E-state index is 0.0711. The van der Waals surface area contributed by atoms with Gasteiger partial charge in [-0.3, -0.25) is 4.79 Å². The minimum Gasteiger partial charge on any atom is -0.468 e. The van der Waals surface area contributed by atoms with Crippen LogP contribution < -0.4 is 10.1 Å². The highest BCUT2D eigenvalue weighted by molar-refractivity contribution is 5.92. The molecule has 10 heteroatoms. The van der Waals surface area contributed by atoms with Crippen LogP contribution in [0.1, 0.15) is 30.2 Å². The van der Waals surface area contributed by atoms with E-state index in [0.29, 0.717) is 11.7 Å². The highest BCUT2D eigenvalue weighted by Gasteiger charge is 2.29. The lowest BCUT2D eigenvalue weighted by Gasteiger charge is -2.24. The monoisotopic (exact) mass is 420 g/mol. The summed E-state index contributed by atoms with van der Waals surface area (Å²) >= 11 is 0. The Hall–Kier alpha value is -3.43. The molecule has 0 aliphatic heterocycles. The van der Waals surface area contributed by atoms with Crippen LogP contribution in [0.4, 0.5) is 13.2 Å². The van der Waals surface area contributed by atoms with E-state index < -0.39 is 24.2 Å². The van der Waals surface area contributed by atoms with Crippen LogP contribution >= 0.6 is 0 Å². The van der Waals surface area contributed by atoms with Crippen LogP contribution in [0.25, 0.3) is 11.4 Å². The van der Waals surface area contributed by atoms with Crippen molar-refractivity contribution in [2.45, 2.75) is 32.0 Å². The molecule has 0 fully saturated rings. The van der Waals surface area contributed by atoms with Crippen molar-refractivity contribution in [3.63, 3.8) is 0 Å². The van der Waals surface area contributed by atoms with Crippen molar-refractivity contribution in [1.29, 1.82) is 0 Å². The fraction of sp³-hybridized carbons (Fsp3) is 0.300. The summed E-state index contributed by atoms with van der Waals surface area (Å²) in [6, 6.07) is 13.3. The zero-order chi connectivity index (χ0) is 21.8. The Morgan fingerprint density at radius 1 is 1.07 bits per heavy atom. The lowest BCUT2D eigenvalue weighted by molar-refractivity contribution is -0.154. The molecule has 1 N–H and O–H groups in total. The third-order valence-corrected chi connectivity index (χ3v) is 3.89. The lowest BCUT2D eigenvalue weighted by Crippen LogP contribution is -2.45. The number of rotatable bonds is 7. The van der Waals surface area contributed by atoms with E-state index in [1.807, 2.05) is 30.3 Å². The molecule has 7 nitrogen and oxygen atoms in total. The van der Waals surface area contributed by atoms with Gasteiger partial charge in [0.1, 0.15) is 5.69 Å². The molecule has 0 radical (unpaired) electrons. The molecule has 1 aromatic carbocycles. The van der Waals surface area contributed by atoms with Crippen molar-refractivity contribution in [1.82, 2.24) is 20.4 Å². The third kappa shape index (κ3) is 6.03. The van der Waals surface area contributed by atoms with Gasteiger partial charge in [0, 0.05) is 23.6 Å². The van der Waals surface area contributed by atoms with E-state index in [4.69, 9.17) is 4.52 Å². The lowest BCUT2D eigenvalue weighted by atomic mass is 10.0. The number of nitrogens with one attached hydrogen (secondary N) is 1. The Labute approximate surface area is 170 Å². The second kappa shape index (κ2) is 8.52. The molecule has 0 saturated carbocycles. The van der Waals surface area contributed by atoms with Crippen LogP contribution in [0.5, 0.6) is 5.88 Å². The van der Waals surface area contributed by atoms with Crippen LogP contribution in [0.2, 0.25) is 0 Å². The molecule has 0 aliphatic rings. The van der Waals surface area contributed by atoms with Gasteiger partial charge in [-0.1, -0.05) is 41.6 Å². The molecule has 30 heavy (non-hydrogen) atoms. The number of alkyl halides is 3. The summed E-state index contributed by atoms with van der Waals surface area (Å²) in [7, 11) is 0. The molecule has 2 heterocycles.